The van der Waals surface area contributed by atoms with Gasteiger partial charge in [-0.15, -0.1) is 0 Å². The fourth-order valence-corrected chi connectivity index (χ4v) is 2.09. The summed E-state index contributed by atoms with van der Waals surface area (Å²) in [7, 11) is 0. The van der Waals surface area contributed by atoms with Crippen molar-refractivity contribution in [3.63, 3.8) is 0 Å². The molecule has 0 radical (unpaired) electrons. The van der Waals surface area contributed by atoms with Crippen LogP contribution in [0.15, 0.2) is 0 Å². The van der Waals surface area contributed by atoms with Gasteiger partial charge in [-0.05, 0) is 26.2 Å². The highest BCUT2D eigenvalue weighted by Crippen LogP contribution is 2.21. The Balaban J connectivity index is 2.54. The van der Waals surface area contributed by atoms with Gasteiger partial charge in [-0.2, -0.15) is 13.2 Å². The molecule has 0 aromatic carbocycles. The van der Waals surface area contributed by atoms with Crippen LogP contribution >= 0.6 is 0 Å². The van der Waals surface area contributed by atoms with Crippen LogP contribution in [0.5, 0.6) is 0 Å². The molecule has 122 valence electrons. The number of aliphatic hydroxyl groups is 1. The summed E-state index contributed by atoms with van der Waals surface area (Å²) in [5, 5.41) is 11.4. The van der Waals surface area contributed by atoms with Gasteiger partial charge in [-0.1, -0.05) is 0 Å². The van der Waals surface area contributed by atoms with Crippen LogP contribution in [0, 0.1) is 0 Å². The van der Waals surface area contributed by atoms with E-state index in [1.807, 2.05) is 0 Å². The summed E-state index contributed by atoms with van der Waals surface area (Å²) in [6.07, 6.45) is -4.48. The van der Waals surface area contributed by atoms with Gasteiger partial charge in [0.15, 0.2) is 6.61 Å². The van der Waals surface area contributed by atoms with Gasteiger partial charge < -0.3 is 15.2 Å². The minimum Gasteiger partial charge on any atom is -0.440 e. The number of aliphatic hydroxyl groups excluding tert-OH is 1. The summed E-state index contributed by atoms with van der Waals surface area (Å²) in [5.74, 6) is -0.447. The Hall–Kier alpha value is -1.51. The van der Waals surface area contributed by atoms with Crippen molar-refractivity contribution in [1.29, 1.82) is 0 Å². The summed E-state index contributed by atoms with van der Waals surface area (Å²) in [4.78, 5) is 24.6. The number of hydrogen-bond acceptors (Lipinski definition) is 4. The highest BCUT2D eigenvalue weighted by atomic mass is 19.4. The Labute approximate surface area is 120 Å². The number of ether oxygens (including phenoxy) is 1. The average Bonchev–Trinajstić information content (AvgIpc) is 2.84. The molecule has 0 bridgehead atoms. The minimum atomic E-state index is -4.59. The number of carbonyl (C=O) groups is 2. The second-order valence-electron chi connectivity index (χ2n) is 4.94. The van der Waals surface area contributed by atoms with Crippen molar-refractivity contribution in [3.05, 3.63) is 0 Å². The summed E-state index contributed by atoms with van der Waals surface area (Å²) in [5.41, 5.74) is 0. The van der Waals surface area contributed by atoms with Crippen LogP contribution in [0.4, 0.5) is 18.0 Å². The smallest absolute Gasteiger partial charge is 0.422 e. The molecular formula is C12H19F3N2O4. The summed E-state index contributed by atoms with van der Waals surface area (Å²) >= 11 is 0. The molecule has 1 fully saturated rings. The molecule has 0 aromatic heterocycles. The van der Waals surface area contributed by atoms with Gasteiger partial charge in [-0.25, -0.2) is 4.79 Å². The SMILES string of the molecule is CC(CCO)NC(=O)C1CCCN1C(=O)OCC(F)(F)F. The van der Waals surface area contributed by atoms with Crippen LogP contribution < -0.4 is 5.32 Å². The van der Waals surface area contributed by atoms with E-state index in [2.05, 4.69) is 10.1 Å². The quantitative estimate of drug-likeness (QED) is 0.795. The van der Waals surface area contributed by atoms with Crippen LogP contribution in [0.25, 0.3) is 0 Å². The zero-order valence-corrected chi connectivity index (χ0v) is 11.7. The molecular weight excluding hydrogens is 293 g/mol. The molecule has 0 spiro atoms. The zero-order valence-electron chi connectivity index (χ0n) is 11.7. The van der Waals surface area contributed by atoms with E-state index < -0.39 is 30.8 Å². The lowest BCUT2D eigenvalue weighted by Gasteiger charge is -2.25. The van der Waals surface area contributed by atoms with Gasteiger partial charge in [0.2, 0.25) is 5.91 Å². The minimum absolute atomic E-state index is 0.0938. The largest absolute Gasteiger partial charge is 0.440 e. The Morgan fingerprint density at radius 2 is 2.14 bits per heavy atom. The van der Waals surface area contributed by atoms with Crippen molar-refractivity contribution < 1.29 is 32.6 Å². The van der Waals surface area contributed by atoms with Crippen LogP contribution in [-0.4, -0.2) is 60.0 Å². The van der Waals surface area contributed by atoms with Crippen LogP contribution in [-0.2, 0) is 9.53 Å². The third-order valence-electron chi connectivity index (χ3n) is 3.10. The molecule has 2 unspecified atom stereocenters. The molecule has 1 aliphatic rings. The van der Waals surface area contributed by atoms with Crippen molar-refractivity contribution in [2.45, 2.75) is 44.4 Å². The molecule has 1 rings (SSSR count). The lowest BCUT2D eigenvalue weighted by atomic mass is 10.2. The Morgan fingerprint density at radius 3 is 2.71 bits per heavy atom. The molecule has 1 saturated heterocycles. The van der Waals surface area contributed by atoms with E-state index in [9.17, 15) is 22.8 Å². The third-order valence-corrected chi connectivity index (χ3v) is 3.10. The molecule has 2 amide bonds. The van der Waals surface area contributed by atoms with E-state index in [0.29, 0.717) is 19.3 Å². The first-order valence-electron chi connectivity index (χ1n) is 6.66. The lowest BCUT2D eigenvalue weighted by Crippen LogP contribution is -2.48. The van der Waals surface area contributed by atoms with E-state index in [1.165, 1.54) is 0 Å². The maximum Gasteiger partial charge on any atom is 0.422 e. The Kier molecular flexibility index (Phi) is 6.25. The van der Waals surface area contributed by atoms with Crippen molar-refractivity contribution in [1.82, 2.24) is 10.2 Å². The highest BCUT2D eigenvalue weighted by molar-refractivity contribution is 5.86. The Morgan fingerprint density at radius 1 is 1.48 bits per heavy atom. The monoisotopic (exact) mass is 312 g/mol. The highest BCUT2D eigenvalue weighted by Gasteiger charge is 2.37. The number of alkyl halides is 3. The maximum absolute atomic E-state index is 12.0. The zero-order chi connectivity index (χ0) is 16.0. The van der Waals surface area contributed by atoms with Crippen molar-refractivity contribution in [2.75, 3.05) is 19.8 Å². The van der Waals surface area contributed by atoms with E-state index in [4.69, 9.17) is 5.11 Å². The molecule has 2 atom stereocenters. The van der Waals surface area contributed by atoms with Gasteiger partial charge in [0.1, 0.15) is 6.04 Å². The molecule has 9 heteroatoms. The number of carbonyl (C=O) groups excluding carboxylic acids is 2. The average molecular weight is 312 g/mol. The number of amides is 2. The number of halogens is 3. The van der Waals surface area contributed by atoms with Gasteiger partial charge in [0.25, 0.3) is 0 Å². The first-order chi connectivity index (χ1) is 9.74. The fraction of sp³-hybridized carbons (Fsp3) is 0.833. The maximum atomic E-state index is 12.0. The number of nitrogens with zero attached hydrogens (tertiary/aromatic N) is 1. The van der Waals surface area contributed by atoms with Crippen molar-refractivity contribution in [2.24, 2.45) is 0 Å². The van der Waals surface area contributed by atoms with E-state index >= 15 is 0 Å². The van der Waals surface area contributed by atoms with Crippen LogP contribution in [0.1, 0.15) is 26.2 Å². The predicted octanol–water partition coefficient (Wildman–Crippen LogP) is 1.04. The van der Waals surface area contributed by atoms with Crippen molar-refractivity contribution >= 4 is 12.0 Å². The first-order valence-corrected chi connectivity index (χ1v) is 6.66. The van der Waals surface area contributed by atoms with Crippen molar-refractivity contribution in [3.8, 4) is 0 Å². The molecule has 1 aliphatic heterocycles. The molecule has 0 aliphatic carbocycles. The van der Waals surface area contributed by atoms with E-state index in [0.717, 1.165) is 4.90 Å². The van der Waals surface area contributed by atoms with Gasteiger partial charge in [0.05, 0.1) is 0 Å². The summed E-state index contributed by atoms with van der Waals surface area (Å²) in [6, 6.07) is -1.11. The van der Waals surface area contributed by atoms with Gasteiger partial charge >= 0.3 is 12.3 Å². The molecule has 2 N–H and O–H groups in total. The number of likely N-dealkylation sites (tertiary alicyclic amines) is 1. The number of rotatable bonds is 5. The Bertz CT molecular complexity index is 376. The lowest BCUT2D eigenvalue weighted by molar-refractivity contribution is -0.162. The molecule has 21 heavy (non-hydrogen) atoms. The van der Waals surface area contributed by atoms with Crippen LogP contribution in [0.2, 0.25) is 0 Å². The normalized spacial score (nSPS) is 20.2. The second-order valence-corrected chi connectivity index (χ2v) is 4.94. The molecule has 0 saturated carbocycles. The van der Waals surface area contributed by atoms with Gasteiger partial charge in [-0.3, -0.25) is 9.69 Å². The number of hydrogen-bond donors (Lipinski definition) is 2. The predicted molar refractivity (Wildman–Crippen MR) is 66.4 cm³/mol. The first kappa shape index (κ1) is 17.5. The van der Waals surface area contributed by atoms with E-state index in [1.54, 1.807) is 6.92 Å². The van der Waals surface area contributed by atoms with E-state index in [-0.39, 0.29) is 19.2 Å². The molecule has 1 heterocycles. The number of nitrogens with one attached hydrogen (secondary N) is 1. The molecule has 6 nitrogen and oxygen atoms in total. The second kappa shape index (κ2) is 7.48. The fourth-order valence-electron chi connectivity index (χ4n) is 2.09. The van der Waals surface area contributed by atoms with Gasteiger partial charge in [0, 0.05) is 19.2 Å². The standard InChI is InChI=1S/C12H19F3N2O4/c1-8(4-6-18)16-10(19)9-3-2-5-17(9)11(20)21-7-12(13,14)15/h8-9,18H,2-7H2,1H3,(H,16,19). The summed E-state index contributed by atoms with van der Waals surface area (Å²) in [6.45, 7) is 0.111. The topological polar surface area (TPSA) is 78.9 Å². The summed E-state index contributed by atoms with van der Waals surface area (Å²) < 4.78 is 40.2. The third kappa shape index (κ3) is 5.78. The molecule has 0 aromatic rings. The van der Waals surface area contributed by atoms with Crippen LogP contribution in [0.3, 0.4) is 0 Å².